The van der Waals surface area contributed by atoms with Crippen LogP contribution in [0.3, 0.4) is 0 Å². The van der Waals surface area contributed by atoms with Gasteiger partial charge in [0, 0.05) is 24.2 Å². The number of amides is 1. The number of nitrogens with zero attached hydrogens (tertiary/aromatic N) is 2. The summed E-state index contributed by atoms with van der Waals surface area (Å²) in [4.78, 5) is 16.6. The molecule has 2 aromatic heterocycles. The van der Waals surface area contributed by atoms with Crippen LogP contribution in [-0.4, -0.2) is 35.2 Å². The summed E-state index contributed by atoms with van der Waals surface area (Å²) in [6.07, 6.45) is 3.64. The van der Waals surface area contributed by atoms with Crippen molar-refractivity contribution in [3.63, 3.8) is 0 Å². The summed E-state index contributed by atoms with van der Waals surface area (Å²) in [6.45, 7) is 8.03. The summed E-state index contributed by atoms with van der Waals surface area (Å²) in [5, 5.41) is 11.3. The Bertz CT molecular complexity index is 687. The standard InChI is InChI=1S/C16H22N4O2.ClH/c1-16(2,3)13-12-7-10(8-18-15(12)22-20-13)14(21)19-11-5-4-6-17-9-11;/h7-8,11,17H,4-6,9H2,1-3H3,(H,19,21);1H/t11-;/m0./s1. The Morgan fingerprint density at radius 3 is 2.87 bits per heavy atom. The molecule has 23 heavy (non-hydrogen) atoms. The molecule has 0 saturated carbocycles. The Morgan fingerprint density at radius 1 is 1.43 bits per heavy atom. The Kier molecular flexibility index (Phi) is 5.26. The summed E-state index contributed by atoms with van der Waals surface area (Å²) in [5.74, 6) is -0.0934. The third-order valence-corrected chi connectivity index (χ3v) is 3.93. The van der Waals surface area contributed by atoms with Crippen molar-refractivity contribution in [2.24, 2.45) is 0 Å². The molecule has 0 spiro atoms. The third kappa shape index (κ3) is 3.82. The largest absolute Gasteiger partial charge is 0.348 e. The summed E-state index contributed by atoms with van der Waals surface area (Å²) >= 11 is 0. The molecule has 1 saturated heterocycles. The van der Waals surface area contributed by atoms with Crippen molar-refractivity contribution < 1.29 is 9.32 Å². The molecule has 1 amide bonds. The molecule has 0 unspecified atom stereocenters. The van der Waals surface area contributed by atoms with Gasteiger partial charge in [0.2, 0.25) is 0 Å². The Hall–Kier alpha value is -1.66. The number of rotatable bonds is 2. The maximum absolute atomic E-state index is 12.4. The van der Waals surface area contributed by atoms with Crippen molar-refractivity contribution in [2.75, 3.05) is 13.1 Å². The van der Waals surface area contributed by atoms with Crippen molar-refractivity contribution in [1.82, 2.24) is 20.8 Å². The van der Waals surface area contributed by atoms with Gasteiger partial charge >= 0.3 is 0 Å². The Labute approximate surface area is 141 Å². The average molecular weight is 339 g/mol. The van der Waals surface area contributed by atoms with Gasteiger partial charge in [-0.05, 0) is 25.5 Å². The van der Waals surface area contributed by atoms with E-state index in [0.717, 1.165) is 37.0 Å². The number of carbonyl (C=O) groups excluding carboxylic acids is 1. The SMILES string of the molecule is CC(C)(C)c1noc2ncc(C(=O)N[C@H]3CCCNC3)cc12.Cl. The highest BCUT2D eigenvalue weighted by atomic mass is 35.5. The number of hydrogen-bond donors (Lipinski definition) is 2. The zero-order chi connectivity index (χ0) is 15.7. The first-order valence-corrected chi connectivity index (χ1v) is 7.72. The Balaban J connectivity index is 0.00000192. The van der Waals surface area contributed by atoms with Gasteiger partial charge in [-0.25, -0.2) is 4.98 Å². The van der Waals surface area contributed by atoms with Gasteiger partial charge in [-0.2, -0.15) is 0 Å². The van der Waals surface area contributed by atoms with Crippen LogP contribution in [0, 0.1) is 0 Å². The smallest absolute Gasteiger partial charge is 0.257 e. The quantitative estimate of drug-likeness (QED) is 0.879. The highest BCUT2D eigenvalue weighted by molar-refractivity contribution is 5.97. The predicted molar refractivity (Wildman–Crippen MR) is 91.1 cm³/mol. The second-order valence-corrected chi connectivity index (χ2v) is 6.87. The van der Waals surface area contributed by atoms with Gasteiger partial charge in [-0.15, -0.1) is 12.4 Å². The van der Waals surface area contributed by atoms with E-state index in [1.54, 1.807) is 6.20 Å². The number of piperidine rings is 1. The number of hydrogen-bond acceptors (Lipinski definition) is 5. The molecule has 0 bridgehead atoms. The lowest BCUT2D eigenvalue weighted by Crippen LogP contribution is -2.45. The molecule has 1 atom stereocenters. The van der Waals surface area contributed by atoms with E-state index in [0.29, 0.717) is 11.3 Å². The molecule has 3 rings (SSSR count). The molecule has 0 radical (unpaired) electrons. The zero-order valence-electron chi connectivity index (χ0n) is 13.7. The molecule has 0 aromatic carbocycles. The fourth-order valence-corrected chi connectivity index (χ4v) is 2.74. The second-order valence-electron chi connectivity index (χ2n) is 6.87. The van der Waals surface area contributed by atoms with Crippen molar-refractivity contribution in [2.45, 2.75) is 45.1 Å². The first kappa shape index (κ1) is 17.7. The first-order chi connectivity index (χ1) is 10.4. The van der Waals surface area contributed by atoms with Gasteiger partial charge in [0.25, 0.3) is 11.6 Å². The molecule has 2 N–H and O–H groups in total. The number of carbonyl (C=O) groups is 1. The highest BCUT2D eigenvalue weighted by Gasteiger charge is 2.24. The van der Waals surface area contributed by atoms with Crippen LogP contribution in [0.25, 0.3) is 11.1 Å². The lowest BCUT2D eigenvalue weighted by Gasteiger charge is -2.23. The van der Waals surface area contributed by atoms with E-state index in [1.165, 1.54) is 0 Å². The normalized spacial score (nSPS) is 18.5. The van der Waals surface area contributed by atoms with E-state index in [-0.39, 0.29) is 29.8 Å². The van der Waals surface area contributed by atoms with Crippen molar-refractivity contribution in [3.05, 3.63) is 23.5 Å². The minimum atomic E-state index is -0.157. The predicted octanol–water partition coefficient (Wildman–Crippen LogP) is 2.42. The van der Waals surface area contributed by atoms with Crippen LogP contribution in [0.4, 0.5) is 0 Å². The van der Waals surface area contributed by atoms with Gasteiger partial charge in [0.15, 0.2) is 0 Å². The third-order valence-electron chi connectivity index (χ3n) is 3.93. The van der Waals surface area contributed by atoms with E-state index in [9.17, 15) is 4.79 Å². The van der Waals surface area contributed by atoms with Crippen LogP contribution in [0.5, 0.6) is 0 Å². The maximum Gasteiger partial charge on any atom is 0.257 e. The van der Waals surface area contributed by atoms with Crippen LogP contribution in [0.2, 0.25) is 0 Å². The summed E-state index contributed by atoms with van der Waals surface area (Å²) < 4.78 is 5.26. The molecule has 1 aliphatic heterocycles. The lowest BCUT2D eigenvalue weighted by atomic mass is 9.90. The van der Waals surface area contributed by atoms with E-state index in [2.05, 4.69) is 41.5 Å². The molecule has 2 aromatic rings. The lowest BCUT2D eigenvalue weighted by molar-refractivity contribution is 0.0930. The number of pyridine rings is 1. The van der Waals surface area contributed by atoms with Gasteiger partial charge in [-0.1, -0.05) is 25.9 Å². The van der Waals surface area contributed by atoms with Crippen LogP contribution in [0.1, 0.15) is 49.7 Å². The number of halogens is 1. The van der Waals surface area contributed by atoms with Gasteiger partial charge in [0.1, 0.15) is 0 Å². The first-order valence-electron chi connectivity index (χ1n) is 7.72. The fraction of sp³-hybridized carbons (Fsp3) is 0.562. The molecule has 126 valence electrons. The Morgan fingerprint density at radius 2 is 2.22 bits per heavy atom. The average Bonchev–Trinajstić information content (AvgIpc) is 2.91. The molecule has 1 aliphatic rings. The monoisotopic (exact) mass is 338 g/mol. The number of fused-ring (bicyclic) bond motifs is 1. The van der Waals surface area contributed by atoms with Gasteiger partial charge in [0.05, 0.1) is 16.6 Å². The number of aromatic nitrogens is 2. The van der Waals surface area contributed by atoms with E-state index >= 15 is 0 Å². The minimum Gasteiger partial charge on any atom is -0.348 e. The van der Waals surface area contributed by atoms with E-state index in [4.69, 9.17) is 4.52 Å². The summed E-state index contributed by atoms with van der Waals surface area (Å²) in [7, 11) is 0. The van der Waals surface area contributed by atoms with Gasteiger partial charge in [-0.3, -0.25) is 4.79 Å². The highest BCUT2D eigenvalue weighted by Crippen LogP contribution is 2.28. The minimum absolute atomic E-state index is 0. The van der Waals surface area contributed by atoms with Crippen molar-refractivity contribution in [3.8, 4) is 0 Å². The van der Waals surface area contributed by atoms with Gasteiger partial charge < -0.3 is 15.2 Å². The molecule has 7 heteroatoms. The molecular weight excluding hydrogens is 316 g/mol. The second kappa shape index (κ2) is 6.84. The van der Waals surface area contributed by atoms with Crippen LogP contribution in [0.15, 0.2) is 16.8 Å². The van der Waals surface area contributed by atoms with Crippen LogP contribution in [-0.2, 0) is 5.41 Å². The molecule has 6 nitrogen and oxygen atoms in total. The van der Waals surface area contributed by atoms with E-state index < -0.39 is 0 Å². The van der Waals surface area contributed by atoms with E-state index in [1.807, 2.05) is 6.07 Å². The molecule has 0 aliphatic carbocycles. The van der Waals surface area contributed by atoms with Crippen LogP contribution >= 0.6 is 12.4 Å². The molecule has 1 fully saturated rings. The van der Waals surface area contributed by atoms with Crippen molar-refractivity contribution >= 4 is 29.4 Å². The topological polar surface area (TPSA) is 80.0 Å². The van der Waals surface area contributed by atoms with Crippen molar-refractivity contribution in [1.29, 1.82) is 0 Å². The molecular formula is C16H23ClN4O2. The zero-order valence-corrected chi connectivity index (χ0v) is 14.5. The maximum atomic E-state index is 12.4. The van der Waals surface area contributed by atoms with Crippen LogP contribution < -0.4 is 10.6 Å². The molecule has 3 heterocycles. The fourth-order valence-electron chi connectivity index (χ4n) is 2.74. The summed E-state index contributed by atoms with van der Waals surface area (Å²) in [6, 6.07) is 2.01. The number of nitrogens with one attached hydrogen (secondary N) is 2. The summed E-state index contributed by atoms with van der Waals surface area (Å²) in [5.41, 5.74) is 1.69.